The van der Waals surface area contributed by atoms with Gasteiger partial charge in [0.05, 0.1) is 6.61 Å². The van der Waals surface area contributed by atoms with E-state index in [0.29, 0.717) is 29.5 Å². The number of aliphatic hydroxyl groups is 1. The molecule has 0 atom stereocenters. The molecular formula is C19H20N2O4. The number of hydrogen-bond donors (Lipinski definition) is 1. The molecule has 0 saturated heterocycles. The van der Waals surface area contributed by atoms with Crippen LogP contribution in [0.5, 0.6) is 0 Å². The summed E-state index contributed by atoms with van der Waals surface area (Å²) in [5, 5.41) is 10.6. The minimum absolute atomic E-state index is 0.115. The van der Waals surface area contributed by atoms with Crippen molar-refractivity contribution < 1.29 is 19.5 Å². The first-order chi connectivity index (χ1) is 12.0. The van der Waals surface area contributed by atoms with Gasteiger partial charge in [0, 0.05) is 43.1 Å². The van der Waals surface area contributed by atoms with E-state index >= 15 is 0 Å². The first kappa shape index (κ1) is 17.1. The molecule has 0 fully saturated rings. The summed E-state index contributed by atoms with van der Waals surface area (Å²) in [7, 11) is 0. The molecule has 0 saturated carbocycles. The van der Waals surface area contributed by atoms with E-state index in [4.69, 9.17) is 5.11 Å². The molecule has 0 aliphatic carbocycles. The zero-order valence-electron chi connectivity index (χ0n) is 14.1. The number of nitrogens with zero attached hydrogens (tertiary/aromatic N) is 2. The molecule has 3 rings (SSSR count). The lowest BCUT2D eigenvalue weighted by molar-refractivity contribution is -0.129. The summed E-state index contributed by atoms with van der Waals surface area (Å²) >= 11 is 0. The highest BCUT2D eigenvalue weighted by molar-refractivity contribution is 6.25. The lowest BCUT2D eigenvalue weighted by atomic mass is 9.94. The van der Waals surface area contributed by atoms with E-state index in [9.17, 15) is 14.4 Å². The number of imide groups is 1. The lowest BCUT2D eigenvalue weighted by Gasteiger charge is -2.28. The number of carbonyl (C=O) groups is 3. The Morgan fingerprint density at radius 2 is 1.64 bits per heavy atom. The van der Waals surface area contributed by atoms with Gasteiger partial charge in [-0.25, -0.2) is 0 Å². The normalized spacial score (nSPS) is 13.4. The van der Waals surface area contributed by atoms with Crippen molar-refractivity contribution in [3.8, 4) is 0 Å². The molecule has 6 nitrogen and oxygen atoms in total. The highest BCUT2D eigenvalue weighted by Gasteiger charge is 2.32. The summed E-state index contributed by atoms with van der Waals surface area (Å²) < 4.78 is 0. The molecule has 0 bridgehead atoms. The van der Waals surface area contributed by atoms with Crippen LogP contribution in [0.25, 0.3) is 10.8 Å². The Morgan fingerprint density at radius 3 is 2.16 bits per heavy atom. The Kier molecular flexibility index (Phi) is 4.81. The Morgan fingerprint density at radius 1 is 1.04 bits per heavy atom. The van der Waals surface area contributed by atoms with E-state index < -0.39 is 0 Å². The standard InChI is InChI=1S/C19H20N2O4/c1-13(23)20(11-12-22)9-4-10-21-18(24)15-7-2-5-14-6-3-8-16(17(14)15)19(21)25/h2-3,5-8,22H,4,9-12H2,1H3. The van der Waals surface area contributed by atoms with Crippen LogP contribution in [0.3, 0.4) is 0 Å². The van der Waals surface area contributed by atoms with Crippen LogP contribution in [0.1, 0.15) is 34.1 Å². The van der Waals surface area contributed by atoms with Gasteiger partial charge in [0.15, 0.2) is 0 Å². The van der Waals surface area contributed by atoms with Crippen LogP contribution >= 0.6 is 0 Å². The predicted molar refractivity (Wildman–Crippen MR) is 93.3 cm³/mol. The summed E-state index contributed by atoms with van der Waals surface area (Å²) in [5.74, 6) is -0.739. The van der Waals surface area contributed by atoms with Gasteiger partial charge < -0.3 is 10.0 Å². The van der Waals surface area contributed by atoms with Crippen molar-refractivity contribution in [2.24, 2.45) is 0 Å². The molecule has 0 spiro atoms. The Balaban J connectivity index is 1.80. The largest absolute Gasteiger partial charge is 0.395 e. The van der Waals surface area contributed by atoms with Crippen molar-refractivity contribution in [1.82, 2.24) is 9.80 Å². The zero-order valence-corrected chi connectivity index (χ0v) is 14.1. The average molecular weight is 340 g/mol. The first-order valence-corrected chi connectivity index (χ1v) is 8.29. The smallest absolute Gasteiger partial charge is 0.261 e. The number of benzene rings is 2. The molecule has 0 aromatic heterocycles. The van der Waals surface area contributed by atoms with Crippen LogP contribution < -0.4 is 0 Å². The van der Waals surface area contributed by atoms with E-state index in [1.54, 1.807) is 12.1 Å². The minimum Gasteiger partial charge on any atom is -0.395 e. The van der Waals surface area contributed by atoms with Gasteiger partial charge in [0.2, 0.25) is 5.91 Å². The van der Waals surface area contributed by atoms with Gasteiger partial charge in [-0.1, -0.05) is 24.3 Å². The summed E-state index contributed by atoms with van der Waals surface area (Å²) in [6.45, 7) is 2.19. The van der Waals surface area contributed by atoms with Gasteiger partial charge in [0.25, 0.3) is 11.8 Å². The SMILES string of the molecule is CC(=O)N(CCO)CCCN1C(=O)c2cccc3cccc(c23)C1=O. The van der Waals surface area contributed by atoms with Gasteiger partial charge in [-0.3, -0.25) is 19.3 Å². The second-order valence-corrected chi connectivity index (χ2v) is 6.05. The number of rotatable bonds is 6. The highest BCUT2D eigenvalue weighted by Crippen LogP contribution is 2.29. The molecule has 0 radical (unpaired) electrons. The molecule has 0 unspecified atom stereocenters. The van der Waals surface area contributed by atoms with Crippen molar-refractivity contribution in [3.63, 3.8) is 0 Å². The second kappa shape index (κ2) is 7.03. The molecule has 1 aliphatic rings. The van der Waals surface area contributed by atoms with Gasteiger partial charge in [-0.2, -0.15) is 0 Å². The number of aliphatic hydroxyl groups excluding tert-OH is 1. The van der Waals surface area contributed by atoms with Gasteiger partial charge >= 0.3 is 0 Å². The van der Waals surface area contributed by atoms with Crippen molar-refractivity contribution >= 4 is 28.5 Å². The van der Waals surface area contributed by atoms with Gasteiger partial charge in [0.1, 0.15) is 0 Å². The quantitative estimate of drug-likeness (QED) is 0.812. The van der Waals surface area contributed by atoms with E-state index in [-0.39, 0.29) is 37.4 Å². The van der Waals surface area contributed by atoms with Crippen LogP contribution in [0.4, 0.5) is 0 Å². The van der Waals surface area contributed by atoms with Crippen LogP contribution in [-0.2, 0) is 4.79 Å². The lowest BCUT2D eigenvalue weighted by Crippen LogP contribution is -2.42. The molecule has 2 aromatic rings. The molecule has 6 heteroatoms. The molecule has 3 amide bonds. The Bertz CT molecular complexity index is 796. The molecule has 1 aliphatic heterocycles. The number of amides is 3. The number of carbonyl (C=O) groups excluding carboxylic acids is 3. The number of hydrogen-bond acceptors (Lipinski definition) is 4. The predicted octanol–water partition coefficient (Wildman–Crippen LogP) is 1.67. The fourth-order valence-corrected chi connectivity index (χ4v) is 3.25. The average Bonchev–Trinajstić information content (AvgIpc) is 2.61. The Hall–Kier alpha value is -2.73. The fraction of sp³-hybridized carbons (Fsp3) is 0.316. The summed E-state index contributed by atoms with van der Waals surface area (Å²) in [4.78, 5) is 39.7. The van der Waals surface area contributed by atoms with E-state index in [2.05, 4.69) is 0 Å². The van der Waals surface area contributed by atoms with Crippen molar-refractivity contribution in [2.45, 2.75) is 13.3 Å². The zero-order chi connectivity index (χ0) is 18.0. The maximum Gasteiger partial charge on any atom is 0.261 e. The van der Waals surface area contributed by atoms with Crippen molar-refractivity contribution in [3.05, 3.63) is 47.5 Å². The second-order valence-electron chi connectivity index (χ2n) is 6.05. The van der Waals surface area contributed by atoms with E-state index in [1.165, 1.54) is 16.7 Å². The van der Waals surface area contributed by atoms with Gasteiger partial charge in [-0.15, -0.1) is 0 Å². The Labute approximate surface area is 145 Å². The monoisotopic (exact) mass is 340 g/mol. The molecule has 2 aromatic carbocycles. The fourth-order valence-electron chi connectivity index (χ4n) is 3.25. The molecule has 130 valence electrons. The molecular weight excluding hydrogens is 320 g/mol. The highest BCUT2D eigenvalue weighted by atomic mass is 16.3. The van der Waals surface area contributed by atoms with Crippen molar-refractivity contribution in [1.29, 1.82) is 0 Å². The molecule has 1 N–H and O–H groups in total. The first-order valence-electron chi connectivity index (χ1n) is 8.29. The third-order valence-electron chi connectivity index (χ3n) is 4.48. The van der Waals surface area contributed by atoms with Crippen LogP contribution in [-0.4, -0.2) is 58.9 Å². The van der Waals surface area contributed by atoms with Gasteiger partial charge in [-0.05, 0) is 23.9 Å². The van der Waals surface area contributed by atoms with Crippen molar-refractivity contribution in [2.75, 3.05) is 26.2 Å². The van der Waals surface area contributed by atoms with Crippen LogP contribution in [0.15, 0.2) is 36.4 Å². The summed E-state index contributed by atoms with van der Waals surface area (Å²) in [6.07, 6.45) is 0.467. The third kappa shape index (κ3) is 3.13. The minimum atomic E-state index is -0.300. The molecule has 25 heavy (non-hydrogen) atoms. The maximum atomic E-state index is 12.7. The van der Waals surface area contributed by atoms with E-state index in [1.807, 2.05) is 24.3 Å². The van der Waals surface area contributed by atoms with Crippen LogP contribution in [0, 0.1) is 0 Å². The summed E-state index contributed by atoms with van der Waals surface area (Å²) in [6, 6.07) is 10.9. The van der Waals surface area contributed by atoms with Crippen LogP contribution in [0.2, 0.25) is 0 Å². The maximum absolute atomic E-state index is 12.7. The van der Waals surface area contributed by atoms with E-state index in [0.717, 1.165) is 5.39 Å². The topological polar surface area (TPSA) is 77.9 Å². The molecule has 1 heterocycles. The summed E-state index contributed by atoms with van der Waals surface area (Å²) in [5.41, 5.74) is 1.07. The third-order valence-corrected chi connectivity index (χ3v) is 4.48.